The lowest BCUT2D eigenvalue weighted by Gasteiger charge is -2.38. The molecule has 5 heteroatoms. The molecule has 120 valence electrons. The third-order valence-electron chi connectivity index (χ3n) is 3.91. The second kappa shape index (κ2) is 10.0. The van der Waals surface area contributed by atoms with Crippen molar-refractivity contribution in [2.24, 2.45) is 0 Å². The molecule has 0 bridgehead atoms. The van der Waals surface area contributed by atoms with E-state index in [1.54, 1.807) is 7.11 Å². The van der Waals surface area contributed by atoms with Crippen LogP contribution in [0.1, 0.15) is 65.2 Å². The monoisotopic (exact) mass is 306 g/mol. The Morgan fingerprint density at radius 3 is 2.45 bits per heavy atom. The summed E-state index contributed by atoms with van der Waals surface area (Å²) < 4.78 is 22.2. The lowest BCUT2D eigenvalue weighted by Crippen LogP contribution is -2.39. The molecule has 2 atom stereocenters. The molecule has 2 unspecified atom stereocenters. The summed E-state index contributed by atoms with van der Waals surface area (Å²) in [6, 6.07) is 0. The van der Waals surface area contributed by atoms with E-state index in [0.29, 0.717) is 6.61 Å². The van der Waals surface area contributed by atoms with E-state index in [9.17, 15) is 0 Å². The summed E-state index contributed by atoms with van der Waals surface area (Å²) in [5, 5.41) is 0. The topological polar surface area (TPSA) is 36.9 Å². The second-order valence-corrected chi connectivity index (χ2v) is 5.77. The summed E-state index contributed by atoms with van der Waals surface area (Å²) in [5.74, 6) is -0.349. The lowest BCUT2D eigenvalue weighted by molar-refractivity contribution is -0.259. The van der Waals surface area contributed by atoms with Crippen molar-refractivity contribution < 1.29 is 18.4 Å². The predicted molar refractivity (Wildman–Crippen MR) is 82.7 cm³/mol. The first-order valence-corrected chi connectivity index (χ1v) is 8.17. The molecule has 4 nitrogen and oxygen atoms in total. The summed E-state index contributed by atoms with van der Waals surface area (Å²) in [6.07, 6.45) is 8.41. The summed E-state index contributed by atoms with van der Waals surface area (Å²) in [4.78, 5) is 0. The fourth-order valence-electron chi connectivity index (χ4n) is 2.69. The van der Waals surface area contributed by atoms with Crippen LogP contribution in [-0.2, 0) is 18.4 Å². The Balaban J connectivity index is 2.20. The molecule has 0 aromatic rings. The molecule has 1 saturated carbocycles. The van der Waals surface area contributed by atoms with Gasteiger partial charge in [0.05, 0.1) is 6.10 Å². The van der Waals surface area contributed by atoms with Gasteiger partial charge in [-0.15, -0.1) is 0 Å². The molecule has 0 N–H and O–H groups in total. The maximum atomic E-state index is 6.16. The zero-order valence-corrected chi connectivity index (χ0v) is 14.0. The highest BCUT2D eigenvalue weighted by Crippen LogP contribution is 2.33. The minimum absolute atomic E-state index is 0.189. The van der Waals surface area contributed by atoms with Gasteiger partial charge in [0.1, 0.15) is 0 Å². The van der Waals surface area contributed by atoms with Crippen molar-refractivity contribution in [1.82, 2.24) is 0 Å². The molecule has 1 aliphatic carbocycles. The fourth-order valence-corrected chi connectivity index (χ4v) is 2.90. The highest BCUT2D eigenvalue weighted by atomic mass is 32.1. The van der Waals surface area contributed by atoms with E-state index in [1.807, 2.05) is 6.92 Å². The average Bonchev–Trinajstić information content (AvgIpc) is 2.48. The largest absolute Gasteiger partial charge is 0.353 e. The van der Waals surface area contributed by atoms with Crippen molar-refractivity contribution in [3.05, 3.63) is 0 Å². The minimum Gasteiger partial charge on any atom is -0.353 e. The molecule has 1 fully saturated rings. The highest BCUT2D eigenvalue weighted by molar-refractivity contribution is 7.75. The molecule has 0 spiro atoms. The predicted octanol–water partition coefficient (Wildman–Crippen LogP) is 4.09. The van der Waals surface area contributed by atoms with Gasteiger partial charge in [-0.05, 0) is 51.9 Å². The fraction of sp³-hybridized carbons (Fsp3) is 1.00. The number of thiol groups is 1. The molecule has 0 radical (unpaired) electrons. The number of hydrogen-bond acceptors (Lipinski definition) is 5. The smallest absolute Gasteiger partial charge is 0.169 e. The Hall–Kier alpha value is 0.190. The van der Waals surface area contributed by atoms with Gasteiger partial charge in [-0.2, -0.15) is 0 Å². The van der Waals surface area contributed by atoms with Gasteiger partial charge in [-0.3, -0.25) is 4.18 Å². The van der Waals surface area contributed by atoms with E-state index in [1.165, 1.54) is 19.3 Å². The Bertz CT molecular complexity index is 240. The summed E-state index contributed by atoms with van der Waals surface area (Å²) >= 11 is 3.78. The van der Waals surface area contributed by atoms with Gasteiger partial charge >= 0.3 is 0 Å². The SMILES string of the molecule is CCC(OS)OCCCC(C)OC1(OC)CCCCC1. The van der Waals surface area contributed by atoms with Crippen LogP contribution in [0.4, 0.5) is 0 Å². The number of rotatable bonds is 10. The average molecular weight is 306 g/mol. The van der Waals surface area contributed by atoms with Gasteiger partial charge in [0.2, 0.25) is 0 Å². The van der Waals surface area contributed by atoms with E-state index in [0.717, 1.165) is 32.1 Å². The molecular weight excluding hydrogens is 276 g/mol. The van der Waals surface area contributed by atoms with Gasteiger partial charge in [0.25, 0.3) is 0 Å². The maximum absolute atomic E-state index is 6.16. The molecule has 0 heterocycles. The van der Waals surface area contributed by atoms with Gasteiger partial charge in [-0.1, -0.05) is 13.3 Å². The zero-order valence-electron chi connectivity index (χ0n) is 13.1. The van der Waals surface area contributed by atoms with Crippen LogP contribution >= 0.6 is 12.9 Å². The van der Waals surface area contributed by atoms with E-state index in [4.69, 9.17) is 18.4 Å². The van der Waals surface area contributed by atoms with Crippen molar-refractivity contribution in [3.63, 3.8) is 0 Å². The Labute approximate surface area is 129 Å². The molecule has 0 aromatic heterocycles. The van der Waals surface area contributed by atoms with Gasteiger partial charge in [0.15, 0.2) is 12.1 Å². The van der Waals surface area contributed by atoms with Crippen LogP contribution in [0, 0.1) is 0 Å². The molecule has 0 saturated heterocycles. The summed E-state index contributed by atoms with van der Waals surface area (Å²) in [7, 11) is 1.76. The third-order valence-corrected chi connectivity index (χ3v) is 4.15. The summed E-state index contributed by atoms with van der Waals surface area (Å²) in [6.45, 7) is 4.80. The molecule has 1 aliphatic rings. The lowest BCUT2D eigenvalue weighted by atomic mass is 9.94. The van der Waals surface area contributed by atoms with Crippen molar-refractivity contribution in [2.75, 3.05) is 13.7 Å². The van der Waals surface area contributed by atoms with Crippen molar-refractivity contribution >= 4 is 12.9 Å². The Morgan fingerprint density at radius 2 is 1.90 bits per heavy atom. The molecular formula is C15H30O4S. The van der Waals surface area contributed by atoms with Crippen LogP contribution in [0.5, 0.6) is 0 Å². The molecule has 0 aliphatic heterocycles. The van der Waals surface area contributed by atoms with Crippen LogP contribution in [0.25, 0.3) is 0 Å². The van der Waals surface area contributed by atoms with Crippen molar-refractivity contribution in [3.8, 4) is 0 Å². The molecule has 0 aromatic carbocycles. The highest BCUT2D eigenvalue weighted by Gasteiger charge is 2.34. The molecule has 1 rings (SSSR count). The number of ether oxygens (including phenoxy) is 3. The number of hydrogen-bond donors (Lipinski definition) is 1. The van der Waals surface area contributed by atoms with E-state index >= 15 is 0 Å². The zero-order chi connectivity index (χ0) is 14.8. The van der Waals surface area contributed by atoms with Crippen LogP contribution in [0.15, 0.2) is 0 Å². The first kappa shape index (κ1) is 18.2. The maximum Gasteiger partial charge on any atom is 0.169 e. The number of methoxy groups -OCH3 is 1. The minimum atomic E-state index is -0.349. The van der Waals surface area contributed by atoms with E-state index in [2.05, 4.69) is 19.8 Å². The van der Waals surface area contributed by atoms with Gasteiger partial charge in [0, 0.05) is 26.6 Å². The van der Waals surface area contributed by atoms with Gasteiger partial charge < -0.3 is 14.2 Å². The van der Waals surface area contributed by atoms with Crippen LogP contribution in [0.2, 0.25) is 0 Å². The standard InChI is InChI=1S/C15H30O4S/c1-4-14(19-20)17-12-8-9-13(2)18-15(16-3)10-6-5-7-11-15/h13-14,20H,4-12H2,1-3H3. The van der Waals surface area contributed by atoms with Crippen molar-refractivity contribution in [1.29, 1.82) is 0 Å². The van der Waals surface area contributed by atoms with Crippen LogP contribution < -0.4 is 0 Å². The van der Waals surface area contributed by atoms with E-state index < -0.39 is 0 Å². The first-order valence-electron chi connectivity index (χ1n) is 7.80. The Morgan fingerprint density at radius 1 is 1.20 bits per heavy atom. The molecule has 0 amide bonds. The van der Waals surface area contributed by atoms with Crippen LogP contribution in [0.3, 0.4) is 0 Å². The molecule has 20 heavy (non-hydrogen) atoms. The summed E-state index contributed by atoms with van der Waals surface area (Å²) in [5.41, 5.74) is 0. The third kappa shape index (κ3) is 6.31. The first-order chi connectivity index (χ1) is 9.65. The Kier molecular flexibility index (Phi) is 9.13. The van der Waals surface area contributed by atoms with Gasteiger partial charge in [-0.25, -0.2) is 0 Å². The quantitative estimate of drug-likeness (QED) is 0.285. The normalized spacial score (nSPS) is 21.6. The van der Waals surface area contributed by atoms with Crippen molar-refractivity contribution in [2.45, 2.75) is 83.4 Å². The van der Waals surface area contributed by atoms with E-state index in [-0.39, 0.29) is 18.2 Å². The van der Waals surface area contributed by atoms with Crippen LogP contribution in [-0.4, -0.2) is 31.9 Å². The second-order valence-electron chi connectivity index (χ2n) is 5.56.